The lowest BCUT2D eigenvalue weighted by Gasteiger charge is -2.10. The lowest BCUT2D eigenvalue weighted by atomic mass is 10.3. The van der Waals surface area contributed by atoms with Crippen molar-refractivity contribution in [1.82, 2.24) is 4.98 Å². The molecule has 0 bridgehead atoms. The second-order valence-electron chi connectivity index (χ2n) is 5.66. The van der Waals surface area contributed by atoms with Crippen molar-refractivity contribution >= 4 is 27.5 Å². The first kappa shape index (κ1) is 19.9. The number of aromatic nitrogens is 1. The molecule has 0 radical (unpaired) electrons. The van der Waals surface area contributed by atoms with E-state index in [1.165, 1.54) is 0 Å². The van der Waals surface area contributed by atoms with E-state index in [2.05, 4.69) is 26.2 Å². The van der Waals surface area contributed by atoms with Gasteiger partial charge in [0.2, 0.25) is 5.88 Å². The van der Waals surface area contributed by atoms with E-state index in [9.17, 15) is 4.79 Å². The van der Waals surface area contributed by atoms with Gasteiger partial charge in [-0.25, -0.2) is 4.98 Å². The van der Waals surface area contributed by atoms with E-state index < -0.39 is 5.91 Å². The van der Waals surface area contributed by atoms with Gasteiger partial charge in [0.25, 0.3) is 5.91 Å². The number of pyridine rings is 1. The minimum atomic E-state index is -0.403. The zero-order chi connectivity index (χ0) is 19.8. The number of benzene rings is 1. The third kappa shape index (κ3) is 5.58. The van der Waals surface area contributed by atoms with Crippen LogP contribution in [0, 0.1) is 0 Å². The normalized spacial score (nSPS) is 10.5. The lowest BCUT2D eigenvalue weighted by Crippen LogP contribution is -2.14. The van der Waals surface area contributed by atoms with Crippen LogP contribution in [0.2, 0.25) is 0 Å². The molecule has 0 aliphatic rings. The van der Waals surface area contributed by atoms with Crippen molar-refractivity contribution in [3.63, 3.8) is 0 Å². The Kier molecular flexibility index (Phi) is 7.05. The van der Waals surface area contributed by atoms with Crippen LogP contribution in [-0.2, 0) is 11.3 Å². The zero-order valence-electron chi connectivity index (χ0n) is 15.2. The topological polar surface area (TPSA) is 82.8 Å². The molecule has 1 aromatic carbocycles. The summed E-state index contributed by atoms with van der Waals surface area (Å²) in [6.07, 6.45) is 1.59. The maximum Gasteiger partial charge on any atom is 0.291 e. The van der Waals surface area contributed by atoms with Crippen molar-refractivity contribution in [1.29, 1.82) is 0 Å². The van der Waals surface area contributed by atoms with Gasteiger partial charge in [0.05, 0.1) is 6.61 Å². The molecule has 0 aliphatic carbocycles. The molecule has 1 N–H and O–H groups in total. The number of nitrogens with zero attached hydrogens (tertiary/aromatic N) is 1. The molecule has 8 heteroatoms. The van der Waals surface area contributed by atoms with Crippen LogP contribution in [0.5, 0.6) is 11.6 Å². The van der Waals surface area contributed by atoms with E-state index >= 15 is 0 Å². The summed E-state index contributed by atoms with van der Waals surface area (Å²) in [5, 5.41) is 2.74. The van der Waals surface area contributed by atoms with Crippen LogP contribution in [0.3, 0.4) is 0 Å². The Hall–Kier alpha value is -2.84. The number of carbonyl (C=O) groups excluding carboxylic acids is 1. The molecule has 0 unspecified atom stereocenters. The van der Waals surface area contributed by atoms with Gasteiger partial charge in [0.1, 0.15) is 30.4 Å². The minimum Gasteiger partial charge on any atom is -0.486 e. The average Bonchev–Trinajstić information content (AvgIpc) is 3.18. The molecule has 0 saturated carbocycles. The quantitative estimate of drug-likeness (QED) is 0.493. The molecule has 0 saturated heterocycles. The van der Waals surface area contributed by atoms with Crippen LogP contribution in [0.15, 0.2) is 63.6 Å². The fraction of sp³-hybridized carbons (Fsp3) is 0.200. The van der Waals surface area contributed by atoms with E-state index in [-0.39, 0.29) is 12.4 Å². The highest BCUT2D eigenvalue weighted by molar-refractivity contribution is 9.10. The maximum atomic E-state index is 12.5. The van der Waals surface area contributed by atoms with Crippen LogP contribution in [0.4, 0.5) is 5.69 Å². The number of halogens is 1. The standard InChI is InChI=1S/C20H19BrN2O5/c1-25-11-12-26-20-17(3-2-10-22-20)23-19(24)18-9-8-16(28-18)13-27-15-6-4-14(21)5-7-15/h2-10H,11-13H2,1H3,(H,23,24). The number of furan rings is 1. The Labute approximate surface area is 170 Å². The Morgan fingerprint density at radius 3 is 2.71 bits per heavy atom. The first-order valence-electron chi connectivity index (χ1n) is 8.51. The third-order valence-electron chi connectivity index (χ3n) is 3.63. The number of nitrogens with one attached hydrogen (secondary N) is 1. The third-order valence-corrected chi connectivity index (χ3v) is 4.15. The molecular formula is C20H19BrN2O5. The van der Waals surface area contributed by atoms with E-state index in [0.717, 1.165) is 4.47 Å². The number of methoxy groups -OCH3 is 1. The van der Waals surface area contributed by atoms with Crippen molar-refractivity contribution in [2.45, 2.75) is 6.61 Å². The van der Waals surface area contributed by atoms with Gasteiger partial charge in [0.15, 0.2) is 5.76 Å². The van der Waals surface area contributed by atoms with Crippen molar-refractivity contribution in [2.75, 3.05) is 25.6 Å². The molecular weight excluding hydrogens is 428 g/mol. The predicted octanol–water partition coefficient (Wildman–Crippen LogP) is 4.29. The highest BCUT2D eigenvalue weighted by Gasteiger charge is 2.15. The number of hydrogen-bond donors (Lipinski definition) is 1. The number of carbonyl (C=O) groups is 1. The van der Waals surface area contributed by atoms with Crippen LogP contribution in [-0.4, -0.2) is 31.2 Å². The van der Waals surface area contributed by atoms with E-state index in [1.54, 1.807) is 37.6 Å². The van der Waals surface area contributed by atoms with Gasteiger partial charge in [-0.3, -0.25) is 4.79 Å². The molecule has 28 heavy (non-hydrogen) atoms. The largest absolute Gasteiger partial charge is 0.486 e. The summed E-state index contributed by atoms with van der Waals surface area (Å²) < 4.78 is 22.6. The van der Waals surface area contributed by atoms with Crippen molar-refractivity contribution in [2.24, 2.45) is 0 Å². The molecule has 7 nitrogen and oxygen atoms in total. The molecule has 3 rings (SSSR count). The summed E-state index contributed by atoms with van der Waals surface area (Å²) in [5.74, 6) is 1.33. The van der Waals surface area contributed by atoms with Gasteiger partial charge in [-0.1, -0.05) is 15.9 Å². The summed E-state index contributed by atoms with van der Waals surface area (Å²) in [5.41, 5.74) is 0.452. The van der Waals surface area contributed by atoms with Gasteiger partial charge in [-0.15, -0.1) is 0 Å². The van der Waals surface area contributed by atoms with Crippen LogP contribution >= 0.6 is 15.9 Å². The van der Waals surface area contributed by atoms with Crippen molar-refractivity contribution < 1.29 is 23.4 Å². The molecule has 0 fully saturated rings. The van der Waals surface area contributed by atoms with Gasteiger partial charge < -0.3 is 23.9 Å². The number of anilines is 1. The summed E-state index contributed by atoms with van der Waals surface area (Å²) in [6, 6.07) is 14.2. The summed E-state index contributed by atoms with van der Waals surface area (Å²) in [6.45, 7) is 0.964. The first-order chi connectivity index (χ1) is 13.7. The van der Waals surface area contributed by atoms with E-state index in [4.69, 9.17) is 18.6 Å². The van der Waals surface area contributed by atoms with Crippen LogP contribution in [0.25, 0.3) is 0 Å². The highest BCUT2D eigenvalue weighted by Crippen LogP contribution is 2.22. The molecule has 146 valence electrons. The summed E-state index contributed by atoms with van der Waals surface area (Å²) in [7, 11) is 1.58. The Morgan fingerprint density at radius 2 is 1.93 bits per heavy atom. The fourth-order valence-electron chi connectivity index (χ4n) is 2.27. The Balaban J connectivity index is 1.59. The molecule has 1 amide bonds. The SMILES string of the molecule is COCCOc1ncccc1NC(=O)c1ccc(COc2ccc(Br)cc2)o1. The number of amides is 1. The molecule has 2 aromatic heterocycles. The monoisotopic (exact) mass is 446 g/mol. The maximum absolute atomic E-state index is 12.5. The van der Waals surface area contributed by atoms with E-state index in [1.807, 2.05) is 24.3 Å². The first-order valence-corrected chi connectivity index (χ1v) is 9.30. The molecule has 0 spiro atoms. The summed E-state index contributed by atoms with van der Waals surface area (Å²) in [4.78, 5) is 16.6. The molecule has 0 aliphatic heterocycles. The minimum absolute atomic E-state index is 0.168. The second kappa shape index (κ2) is 9.91. The van der Waals surface area contributed by atoms with Gasteiger partial charge in [-0.05, 0) is 48.5 Å². The summed E-state index contributed by atoms with van der Waals surface area (Å²) >= 11 is 3.37. The predicted molar refractivity (Wildman–Crippen MR) is 107 cm³/mol. The molecule has 3 aromatic rings. The lowest BCUT2D eigenvalue weighted by molar-refractivity contribution is 0.0991. The molecule has 0 atom stereocenters. The number of rotatable bonds is 9. The van der Waals surface area contributed by atoms with Crippen molar-refractivity contribution in [3.8, 4) is 11.6 Å². The number of hydrogen-bond acceptors (Lipinski definition) is 6. The van der Waals surface area contributed by atoms with Crippen LogP contribution in [0.1, 0.15) is 16.3 Å². The van der Waals surface area contributed by atoms with Gasteiger partial charge in [-0.2, -0.15) is 0 Å². The van der Waals surface area contributed by atoms with Crippen molar-refractivity contribution in [3.05, 3.63) is 70.7 Å². The average molecular weight is 447 g/mol. The van der Waals surface area contributed by atoms with Crippen LogP contribution < -0.4 is 14.8 Å². The second-order valence-corrected chi connectivity index (χ2v) is 6.58. The number of ether oxygens (including phenoxy) is 3. The zero-order valence-corrected chi connectivity index (χ0v) is 16.8. The Morgan fingerprint density at radius 1 is 1.11 bits per heavy atom. The molecule has 2 heterocycles. The Bertz CT molecular complexity index is 911. The van der Waals surface area contributed by atoms with Gasteiger partial charge in [0, 0.05) is 17.8 Å². The van der Waals surface area contributed by atoms with E-state index in [0.29, 0.717) is 36.3 Å². The highest BCUT2D eigenvalue weighted by atomic mass is 79.9. The van der Waals surface area contributed by atoms with Gasteiger partial charge >= 0.3 is 0 Å². The fourth-order valence-corrected chi connectivity index (χ4v) is 2.53. The smallest absolute Gasteiger partial charge is 0.291 e.